The van der Waals surface area contributed by atoms with Gasteiger partial charge in [-0.05, 0) is 42.2 Å². The molecule has 6 nitrogen and oxygen atoms in total. The van der Waals surface area contributed by atoms with Crippen molar-refractivity contribution in [1.82, 2.24) is 9.47 Å². The second kappa shape index (κ2) is 10.2. The fraction of sp³-hybridized carbons (Fsp3) is 0.241. The van der Waals surface area contributed by atoms with Crippen molar-refractivity contribution in [1.29, 1.82) is 0 Å². The maximum atomic E-state index is 14.1. The van der Waals surface area contributed by atoms with E-state index in [9.17, 15) is 9.59 Å². The second-order valence-electron chi connectivity index (χ2n) is 8.93. The van der Waals surface area contributed by atoms with Gasteiger partial charge in [-0.15, -0.1) is 11.8 Å². The van der Waals surface area contributed by atoms with E-state index in [0.717, 1.165) is 32.6 Å². The first-order valence-electron chi connectivity index (χ1n) is 11.9. The maximum Gasteiger partial charge on any atom is 0.254 e. The number of aromatic nitrogens is 1. The molecular formula is C29H29N3O3S. The molecule has 5 rings (SSSR count). The highest BCUT2D eigenvalue weighted by Crippen LogP contribution is 2.45. The van der Waals surface area contributed by atoms with Gasteiger partial charge in [-0.3, -0.25) is 9.59 Å². The predicted molar refractivity (Wildman–Crippen MR) is 145 cm³/mol. The first-order chi connectivity index (χ1) is 17.5. The van der Waals surface area contributed by atoms with Gasteiger partial charge < -0.3 is 19.5 Å². The molecule has 0 fully saturated rings. The van der Waals surface area contributed by atoms with Crippen molar-refractivity contribution in [2.75, 3.05) is 31.8 Å². The van der Waals surface area contributed by atoms with Crippen LogP contribution in [0.25, 0.3) is 10.9 Å². The summed E-state index contributed by atoms with van der Waals surface area (Å²) in [6.45, 7) is 0.753. The molecule has 1 N–H and O–H groups in total. The van der Waals surface area contributed by atoms with E-state index in [2.05, 4.69) is 22.0 Å². The fourth-order valence-electron chi connectivity index (χ4n) is 5.19. The summed E-state index contributed by atoms with van der Waals surface area (Å²) in [7, 11) is 3.62. The second-order valence-corrected chi connectivity index (χ2v) is 9.81. The lowest BCUT2D eigenvalue weighted by atomic mass is 9.79. The lowest BCUT2D eigenvalue weighted by Crippen LogP contribution is -2.47. The number of hydrogen-bond acceptors (Lipinski definition) is 4. The van der Waals surface area contributed by atoms with Crippen LogP contribution in [-0.2, 0) is 16.6 Å². The number of nitrogens with zero attached hydrogens (tertiary/aromatic N) is 2. The lowest BCUT2D eigenvalue weighted by molar-refractivity contribution is -0.119. The smallest absolute Gasteiger partial charge is 0.254 e. The van der Waals surface area contributed by atoms with Crippen LogP contribution in [0.15, 0.2) is 83.9 Å². The van der Waals surface area contributed by atoms with E-state index in [-0.39, 0.29) is 11.8 Å². The van der Waals surface area contributed by atoms with E-state index in [0.29, 0.717) is 18.7 Å². The van der Waals surface area contributed by atoms with Crippen molar-refractivity contribution >= 4 is 40.2 Å². The third kappa shape index (κ3) is 4.29. The highest BCUT2D eigenvalue weighted by Gasteiger charge is 2.45. The lowest BCUT2D eigenvalue weighted by Gasteiger charge is -2.41. The number of para-hydroxylation sites is 1. The standard InChI is InChI=1S/C29H29N3O3S/c1-31-18-24(21-11-6-7-14-25(21)31)27-26(28(33)30-19-9-8-10-20(17-19)36-3)22-12-4-5-13-23(22)29(34)32(27)15-16-35-2/h4-14,17-18,26-27H,15-16H2,1-3H3,(H,30,33). The van der Waals surface area contributed by atoms with Gasteiger partial charge in [0.15, 0.2) is 0 Å². The average Bonchev–Trinajstić information content (AvgIpc) is 3.24. The number of fused-ring (bicyclic) bond motifs is 2. The molecule has 7 heteroatoms. The number of aryl methyl sites for hydroxylation is 1. The Balaban J connectivity index is 1.68. The molecular weight excluding hydrogens is 470 g/mol. The highest BCUT2D eigenvalue weighted by molar-refractivity contribution is 7.98. The summed E-state index contributed by atoms with van der Waals surface area (Å²) in [5.41, 5.74) is 4.04. The molecule has 0 saturated heterocycles. The molecule has 1 aliphatic heterocycles. The maximum absolute atomic E-state index is 14.1. The van der Waals surface area contributed by atoms with Crippen LogP contribution >= 0.6 is 11.8 Å². The molecule has 2 amide bonds. The zero-order valence-electron chi connectivity index (χ0n) is 20.6. The van der Waals surface area contributed by atoms with Gasteiger partial charge >= 0.3 is 0 Å². The van der Waals surface area contributed by atoms with Crippen LogP contribution in [0.1, 0.15) is 33.4 Å². The fourth-order valence-corrected chi connectivity index (χ4v) is 5.65. The number of rotatable bonds is 7. The molecule has 0 aliphatic carbocycles. The van der Waals surface area contributed by atoms with Gasteiger partial charge in [-0.1, -0.05) is 42.5 Å². The van der Waals surface area contributed by atoms with Gasteiger partial charge in [0.25, 0.3) is 5.91 Å². The summed E-state index contributed by atoms with van der Waals surface area (Å²) < 4.78 is 7.43. The Bertz CT molecular complexity index is 1430. The van der Waals surface area contributed by atoms with E-state index in [1.807, 2.05) is 80.2 Å². The number of hydrogen-bond donors (Lipinski definition) is 1. The van der Waals surface area contributed by atoms with E-state index in [1.54, 1.807) is 23.8 Å². The van der Waals surface area contributed by atoms with Crippen LogP contribution in [0.4, 0.5) is 5.69 Å². The summed E-state index contributed by atoms with van der Waals surface area (Å²) in [4.78, 5) is 30.7. The summed E-state index contributed by atoms with van der Waals surface area (Å²) in [5, 5.41) is 4.17. The minimum absolute atomic E-state index is 0.0889. The predicted octanol–water partition coefficient (Wildman–Crippen LogP) is 5.47. The highest BCUT2D eigenvalue weighted by atomic mass is 32.2. The molecule has 2 unspecified atom stereocenters. The van der Waals surface area contributed by atoms with E-state index in [1.165, 1.54) is 0 Å². The van der Waals surface area contributed by atoms with Gasteiger partial charge in [-0.2, -0.15) is 0 Å². The Kier molecular flexibility index (Phi) is 6.85. The number of nitrogens with one attached hydrogen (secondary N) is 1. The SMILES string of the molecule is COCCN1C(=O)c2ccccc2C(C(=O)Nc2cccc(SC)c2)C1c1cn(C)c2ccccc12. The number of thioether (sulfide) groups is 1. The summed E-state index contributed by atoms with van der Waals surface area (Å²) in [6.07, 6.45) is 4.05. The minimum atomic E-state index is -0.598. The molecule has 3 aromatic carbocycles. The number of carbonyl (C=O) groups excluding carboxylic acids is 2. The van der Waals surface area contributed by atoms with Crippen LogP contribution in [0.2, 0.25) is 0 Å². The van der Waals surface area contributed by atoms with E-state index < -0.39 is 12.0 Å². The molecule has 0 spiro atoms. The van der Waals surface area contributed by atoms with Crippen LogP contribution < -0.4 is 5.32 Å². The Morgan fingerprint density at radius 1 is 1.03 bits per heavy atom. The normalized spacial score (nSPS) is 17.3. The van der Waals surface area contributed by atoms with Gasteiger partial charge in [0.05, 0.1) is 18.6 Å². The van der Waals surface area contributed by atoms with Crippen LogP contribution in [-0.4, -0.2) is 47.8 Å². The van der Waals surface area contributed by atoms with Crippen molar-refractivity contribution in [2.45, 2.75) is 16.9 Å². The molecule has 2 heterocycles. The molecule has 0 radical (unpaired) electrons. The average molecular weight is 500 g/mol. The summed E-state index contributed by atoms with van der Waals surface area (Å²) in [6, 6.07) is 22.9. The molecule has 0 saturated carbocycles. The molecule has 4 aromatic rings. The monoisotopic (exact) mass is 499 g/mol. The van der Waals surface area contributed by atoms with E-state index >= 15 is 0 Å². The first kappa shape index (κ1) is 24.2. The van der Waals surface area contributed by atoms with Gasteiger partial charge in [-0.25, -0.2) is 0 Å². The number of carbonyl (C=O) groups is 2. The number of anilines is 1. The van der Waals surface area contributed by atoms with Crippen molar-refractivity contribution < 1.29 is 14.3 Å². The van der Waals surface area contributed by atoms with Crippen molar-refractivity contribution in [2.24, 2.45) is 7.05 Å². The van der Waals surface area contributed by atoms with Crippen LogP contribution in [0.3, 0.4) is 0 Å². The Morgan fingerprint density at radius 2 is 1.81 bits per heavy atom. The molecule has 36 heavy (non-hydrogen) atoms. The molecule has 0 bridgehead atoms. The molecule has 1 aromatic heterocycles. The molecule has 2 atom stereocenters. The third-order valence-electron chi connectivity index (χ3n) is 6.84. The Morgan fingerprint density at radius 3 is 2.61 bits per heavy atom. The molecule has 184 valence electrons. The van der Waals surface area contributed by atoms with Crippen molar-refractivity contribution in [3.8, 4) is 0 Å². The first-order valence-corrected chi connectivity index (χ1v) is 13.1. The Hall–Kier alpha value is -3.55. The topological polar surface area (TPSA) is 63.6 Å². The van der Waals surface area contributed by atoms with Gasteiger partial charge in [0.2, 0.25) is 5.91 Å². The molecule has 1 aliphatic rings. The van der Waals surface area contributed by atoms with Gasteiger partial charge in [0.1, 0.15) is 0 Å². The van der Waals surface area contributed by atoms with E-state index in [4.69, 9.17) is 4.74 Å². The third-order valence-corrected chi connectivity index (χ3v) is 7.57. The minimum Gasteiger partial charge on any atom is -0.383 e. The number of ether oxygens (including phenoxy) is 1. The zero-order chi connectivity index (χ0) is 25.2. The van der Waals surface area contributed by atoms with Crippen molar-refractivity contribution in [3.05, 3.63) is 95.7 Å². The number of benzene rings is 3. The van der Waals surface area contributed by atoms with Crippen LogP contribution in [0, 0.1) is 0 Å². The largest absolute Gasteiger partial charge is 0.383 e. The Labute approximate surface area is 215 Å². The number of methoxy groups -OCH3 is 1. The van der Waals surface area contributed by atoms with Crippen LogP contribution in [0.5, 0.6) is 0 Å². The van der Waals surface area contributed by atoms with Crippen molar-refractivity contribution in [3.63, 3.8) is 0 Å². The quantitative estimate of drug-likeness (QED) is 0.343. The summed E-state index contributed by atoms with van der Waals surface area (Å²) >= 11 is 1.62. The van der Waals surface area contributed by atoms with Gasteiger partial charge in [0, 0.05) is 59.5 Å². The summed E-state index contributed by atoms with van der Waals surface area (Å²) in [5.74, 6) is -0.831. The zero-order valence-corrected chi connectivity index (χ0v) is 21.4. The number of amides is 2.